The normalized spacial score (nSPS) is 20.0. The lowest BCUT2D eigenvalue weighted by Crippen LogP contribution is -2.50. The minimum atomic E-state index is -0.406. The average Bonchev–Trinajstić information content (AvgIpc) is 3.11. The van der Waals surface area contributed by atoms with Crippen molar-refractivity contribution < 1.29 is 9.59 Å². The van der Waals surface area contributed by atoms with E-state index >= 15 is 0 Å². The second-order valence-electron chi connectivity index (χ2n) is 5.35. The molecule has 118 valence electrons. The molecule has 1 heterocycles. The van der Waals surface area contributed by atoms with E-state index in [0.717, 1.165) is 5.56 Å². The summed E-state index contributed by atoms with van der Waals surface area (Å²) in [5, 5.41) is 0. The molecule has 1 aliphatic heterocycles. The van der Waals surface area contributed by atoms with Crippen molar-refractivity contribution in [1.29, 1.82) is 0 Å². The number of hydrogen-bond donors (Lipinski definition) is 4. The van der Waals surface area contributed by atoms with Gasteiger partial charge >= 0.3 is 0 Å². The highest BCUT2D eigenvalue weighted by atomic mass is 16.2. The van der Waals surface area contributed by atoms with Crippen LogP contribution in [-0.2, 0) is 4.79 Å². The standard InChI is InChI=1S/C17H18N4O2/c22-16(13-9-5-2-6-10-13)20-21-17(23)15-11-14(18-19-15)12-7-3-1-4-8-12/h1-10,14-15,18-19H,11H2,(H,20,22)(H,21,23). The van der Waals surface area contributed by atoms with Crippen LogP contribution in [0.4, 0.5) is 0 Å². The molecule has 1 fully saturated rings. The van der Waals surface area contributed by atoms with Gasteiger partial charge in [-0.1, -0.05) is 48.5 Å². The topological polar surface area (TPSA) is 82.3 Å². The molecule has 2 unspecified atom stereocenters. The summed E-state index contributed by atoms with van der Waals surface area (Å²) < 4.78 is 0. The van der Waals surface area contributed by atoms with Gasteiger partial charge in [0, 0.05) is 11.6 Å². The molecule has 0 bridgehead atoms. The van der Waals surface area contributed by atoms with Gasteiger partial charge in [0.25, 0.3) is 11.8 Å². The van der Waals surface area contributed by atoms with E-state index in [9.17, 15) is 9.59 Å². The van der Waals surface area contributed by atoms with E-state index in [1.54, 1.807) is 24.3 Å². The second-order valence-corrected chi connectivity index (χ2v) is 5.35. The summed E-state index contributed by atoms with van der Waals surface area (Å²) in [6, 6.07) is 18.3. The van der Waals surface area contributed by atoms with Gasteiger partial charge in [0.2, 0.25) is 0 Å². The lowest BCUT2D eigenvalue weighted by atomic mass is 10.0. The third-order valence-corrected chi connectivity index (χ3v) is 3.76. The average molecular weight is 310 g/mol. The first-order valence-electron chi connectivity index (χ1n) is 7.45. The summed E-state index contributed by atoms with van der Waals surface area (Å²) in [4.78, 5) is 24.0. The van der Waals surface area contributed by atoms with E-state index < -0.39 is 6.04 Å². The summed E-state index contributed by atoms with van der Waals surface area (Å²) in [6.07, 6.45) is 0.608. The Labute approximate surface area is 134 Å². The highest BCUT2D eigenvalue weighted by Gasteiger charge is 2.30. The zero-order chi connectivity index (χ0) is 16.1. The van der Waals surface area contributed by atoms with E-state index in [-0.39, 0.29) is 17.9 Å². The second kappa shape index (κ2) is 7.04. The number of carbonyl (C=O) groups excluding carboxylic acids is 2. The molecular formula is C17H18N4O2. The first-order valence-corrected chi connectivity index (χ1v) is 7.45. The van der Waals surface area contributed by atoms with Crippen LogP contribution in [-0.4, -0.2) is 17.9 Å². The number of nitrogens with one attached hydrogen (secondary N) is 4. The van der Waals surface area contributed by atoms with Gasteiger partial charge in [-0.3, -0.25) is 20.4 Å². The van der Waals surface area contributed by atoms with Gasteiger partial charge in [-0.05, 0) is 24.1 Å². The molecule has 23 heavy (non-hydrogen) atoms. The minimum Gasteiger partial charge on any atom is -0.271 e. The van der Waals surface area contributed by atoms with E-state index in [1.165, 1.54) is 0 Å². The lowest BCUT2D eigenvalue weighted by Gasteiger charge is -2.11. The SMILES string of the molecule is O=C(NNC(=O)C1CC(c2ccccc2)NN1)c1ccccc1. The molecule has 0 spiro atoms. The lowest BCUT2D eigenvalue weighted by molar-refractivity contribution is -0.123. The number of hydrazine groups is 2. The monoisotopic (exact) mass is 310 g/mol. The largest absolute Gasteiger partial charge is 0.271 e. The first kappa shape index (κ1) is 15.2. The number of amides is 2. The summed E-state index contributed by atoms with van der Waals surface area (Å²) in [5.74, 6) is -0.621. The summed E-state index contributed by atoms with van der Waals surface area (Å²) in [5.41, 5.74) is 12.5. The summed E-state index contributed by atoms with van der Waals surface area (Å²) >= 11 is 0. The zero-order valence-electron chi connectivity index (χ0n) is 12.5. The Balaban J connectivity index is 1.51. The van der Waals surface area contributed by atoms with E-state index in [2.05, 4.69) is 21.7 Å². The molecule has 2 aromatic carbocycles. The third-order valence-electron chi connectivity index (χ3n) is 3.76. The number of hydrogen-bond acceptors (Lipinski definition) is 4. The predicted molar refractivity (Wildman–Crippen MR) is 85.9 cm³/mol. The van der Waals surface area contributed by atoms with Crippen LogP contribution in [0, 0.1) is 0 Å². The first-order chi connectivity index (χ1) is 11.2. The Morgan fingerprint density at radius 1 is 0.870 bits per heavy atom. The van der Waals surface area contributed by atoms with Crippen molar-refractivity contribution in [1.82, 2.24) is 21.7 Å². The Bertz CT molecular complexity index is 676. The van der Waals surface area contributed by atoms with Crippen molar-refractivity contribution in [2.24, 2.45) is 0 Å². The molecule has 2 amide bonds. The highest BCUT2D eigenvalue weighted by Crippen LogP contribution is 2.21. The van der Waals surface area contributed by atoms with Gasteiger partial charge in [0.1, 0.15) is 6.04 Å². The molecule has 4 N–H and O–H groups in total. The fraction of sp³-hybridized carbons (Fsp3) is 0.176. The van der Waals surface area contributed by atoms with Gasteiger partial charge in [0.05, 0.1) is 0 Å². The molecule has 2 atom stereocenters. The van der Waals surface area contributed by atoms with Crippen molar-refractivity contribution in [3.05, 3.63) is 71.8 Å². The fourth-order valence-electron chi connectivity index (χ4n) is 2.50. The number of benzene rings is 2. The van der Waals surface area contributed by atoms with Gasteiger partial charge in [-0.25, -0.2) is 10.9 Å². The molecule has 0 aliphatic carbocycles. The molecule has 0 radical (unpaired) electrons. The van der Waals surface area contributed by atoms with Gasteiger partial charge in [0.15, 0.2) is 0 Å². The minimum absolute atomic E-state index is 0.0665. The Morgan fingerprint density at radius 3 is 2.22 bits per heavy atom. The van der Waals surface area contributed by atoms with Gasteiger partial charge in [-0.2, -0.15) is 0 Å². The number of carbonyl (C=O) groups is 2. The van der Waals surface area contributed by atoms with Crippen LogP contribution in [0.2, 0.25) is 0 Å². The van der Waals surface area contributed by atoms with E-state index in [4.69, 9.17) is 0 Å². The van der Waals surface area contributed by atoms with Gasteiger partial charge in [-0.15, -0.1) is 0 Å². The smallest absolute Gasteiger partial charge is 0.269 e. The fourth-order valence-corrected chi connectivity index (χ4v) is 2.50. The van der Waals surface area contributed by atoms with Crippen LogP contribution < -0.4 is 21.7 Å². The quantitative estimate of drug-likeness (QED) is 0.639. The summed E-state index contributed by atoms with van der Waals surface area (Å²) in [7, 11) is 0. The van der Waals surface area contributed by atoms with Crippen molar-refractivity contribution in [3.8, 4) is 0 Å². The van der Waals surface area contributed by atoms with Crippen molar-refractivity contribution in [2.45, 2.75) is 18.5 Å². The van der Waals surface area contributed by atoms with Crippen molar-refractivity contribution in [3.63, 3.8) is 0 Å². The van der Waals surface area contributed by atoms with Crippen LogP contribution in [0.1, 0.15) is 28.4 Å². The Morgan fingerprint density at radius 2 is 1.52 bits per heavy atom. The van der Waals surface area contributed by atoms with E-state index in [0.29, 0.717) is 12.0 Å². The van der Waals surface area contributed by atoms with Crippen molar-refractivity contribution in [2.75, 3.05) is 0 Å². The molecule has 2 aromatic rings. The molecule has 6 nitrogen and oxygen atoms in total. The molecule has 3 rings (SSSR count). The third kappa shape index (κ3) is 3.74. The predicted octanol–water partition coefficient (Wildman–Crippen LogP) is 1.06. The Kier molecular flexibility index (Phi) is 4.65. The molecule has 6 heteroatoms. The van der Waals surface area contributed by atoms with Crippen LogP contribution >= 0.6 is 0 Å². The highest BCUT2D eigenvalue weighted by molar-refractivity contribution is 5.95. The molecule has 1 saturated heterocycles. The van der Waals surface area contributed by atoms with Crippen LogP contribution in [0.5, 0.6) is 0 Å². The maximum Gasteiger partial charge on any atom is 0.269 e. The molecular weight excluding hydrogens is 292 g/mol. The van der Waals surface area contributed by atoms with Crippen molar-refractivity contribution >= 4 is 11.8 Å². The van der Waals surface area contributed by atoms with Crippen LogP contribution in [0.3, 0.4) is 0 Å². The zero-order valence-corrected chi connectivity index (χ0v) is 12.5. The maximum atomic E-state index is 12.1. The molecule has 0 saturated carbocycles. The molecule has 0 aromatic heterocycles. The van der Waals surface area contributed by atoms with E-state index in [1.807, 2.05) is 36.4 Å². The van der Waals surface area contributed by atoms with Crippen LogP contribution in [0.25, 0.3) is 0 Å². The summed E-state index contributed by atoms with van der Waals surface area (Å²) in [6.45, 7) is 0. The van der Waals surface area contributed by atoms with Gasteiger partial charge < -0.3 is 0 Å². The Hall–Kier alpha value is -2.70. The number of rotatable bonds is 3. The van der Waals surface area contributed by atoms with Crippen LogP contribution in [0.15, 0.2) is 60.7 Å². The maximum absolute atomic E-state index is 12.1. The molecule has 1 aliphatic rings.